The first kappa shape index (κ1) is 21.0. The summed E-state index contributed by atoms with van der Waals surface area (Å²) < 4.78 is 0. The Morgan fingerprint density at radius 2 is 1.73 bits per heavy atom. The van der Waals surface area contributed by atoms with Crippen molar-refractivity contribution in [2.75, 3.05) is 24.2 Å². The third-order valence-electron chi connectivity index (χ3n) is 4.64. The van der Waals surface area contributed by atoms with Crippen LogP contribution < -0.4 is 10.6 Å². The molecule has 1 heterocycles. The molecular weight excluding hydrogens is 380 g/mol. The molecule has 0 aliphatic carbocycles. The van der Waals surface area contributed by atoms with E-state index in [1.54, 1.807) is 19.2 Å². The number of aromatic nitrogens is 3. The number of hydrogen-bond acceptors (Lipinski definition) is 4. The molecule has 0 spiro atoms. The molecule has 30 heavy (non-hydrogen) atoms. The van der Waals surface area contributed by atoms with Gasteiger partial charge >= 0.3 is 6.03 Å². The van der Waals surface area contributed by atoms with Crippen LogP contribution in [0.4, 0.5) is 16.2 Å². The van der Waals surface area contributed by atoms with E-state index in [2.05, 4.69) is 25.8 Å². The Hall–Kier alpha value is -3.68. The van der Waals surface area contributed by atoms with Crippen LogP contribution in [0.1, 0.15) is 22.5 Å². The second-order valence-electron chi connectivity index (χ2n) is 7.43. The number of anilines is 2. The van der Waals surface area contributed by atoms with Crippen molar-refractivity contribution in [2.45, 2.75) is 27.7 Å². The third kappa shape index (κ3) is 5.02. The van der Waals surface area contributed by atoms with Gasteiger partial charge in [-0.2, -0.15) is 5.10 Å². The van der Waals surface area contributed by atoms with Gasteiger partial charge in [-0.1, -0.05) is 29.8 Å². The van der Waals surface area contributed by atoms with E-state index in [-0.39, 0.29) is 18.5 Å². The minimum Gasteiger partial charge on any atom is -0.324 e. The lowest BCUT2D eigenvalue weighted by Crippen LogP contribution is -2.37. The lowest BCUT2D eigenvalue weighted by atomic mass is 10.1. The SMILES string of the molecule is Cc1cc(C)c(NC(=O)CN(C)C(=O)Nc2cccc(-c3n[nH]c(C)n3)c2)c(C)c1. The topological polar surface area (TPSA) is 103 Å². The zero-order valence-electron chi connectivity index (χ0n) is 17.8. The summed E-state index contributed by atoms with van der Waals surface area (Å²) in [6.07, 6.45) is 0. The summed E-state index contributed by atoms with van der Waals surface area (Å²) in [5.41, 5.74) is 5.29. The quantitative estimate of drug-likeness (QED) is 0.599. The molecule has 2 aromatic carbocycles. The van der Waals surface area contributed by atoms with E-state index in [4.69, 9.17) is 0 Å². The van der Waals surface area contributed by atoms with Crippen molar-refractivity contribution < 1.29 is 9.59 Å². The minimum absolute atomic E-state index is 0.0710. The molecule has 0 saturated heterocycles. The third-order valence-corrected chi connectivity index (χ3v) is 4.64. The van der Waals surface area contributed by atoms with Gasteiger partial charge in [-0.3, -0.25) is 9.89 Å². The fraction of sp³-hybridized carbons (Fsp3) is 0.273. The van der Waals surface area contributed by atoms with E-state index in [0.29, 0.717) is 17.3 Å². The van der Waals surface area contributed by atoms with Crippen molar-refractivity contribution in [2.24, 2.45) is 0 Å². The Morgan fingerprint density at radius 1 is 1.03 bits per heavy atom. The summed E-state index contributed by atoms with van der Waals surface area (Å²) in [6.45, 7) is 7.67. The largest absolute Gasteiger partial charge is 0.324 e. The van der Waals surface area contributed by atoms with Gasteiger partial charge in [-0.05, 0) is 51.0 Å². The van der Waals surface area contributed by atoms with Crippen LogP contribution >= 0.6 is 0 Å². The van der Waals surface area contributed by atoms with Gasteiger partial charge in [-0.15, -0.1) is 0 Å². The number of H-pyrrole nitrogens is 1. The molecule has 0 fully saturated rings. The number of carbonyl (C=O) groups excluding carboxylic acids is 2. The Balaban J connectivity index is 1.62. The van der Waals surface area contributed by atoms with Crippen molar-refractivity contribution in [3.05, 3.63) is 58.9 Å². The fourth-order valence-corrected chi connectivity index (χ4v) is 3.27. The molecule has 0 radical (unpaired) electrons. The van der Waals surface area contributed by atoms with Crippen molar-refractivity contribution in [1.29, 1.82) is 0 Å². The smallest absolute Gasteiger partial charge is 0.322 e. The van der Waals surface area contributed by atoms with Crippen molar-refractivity contribution in [3.8, 4) is 11.4 Å². The van der Waals surface area contributed by atoms with E-state index >= 15 is 0 Å². The van der Waals surface area contributed by atoms with Crippen LogP contribution in [-0.2, 0) is 4.79 Å². The van der Waals surface area contributed by atoms with Crippen LogP contribution in [0.3, 0.4) is 0 Å². The van der Waals surface area contributed by atoms with Crippen molar-refractivity contribution in [1.82, 2.24) is 20.1 Å². The average molecular weight is 406 g/mol. The lowest BCUT2D eigenvalue weighted by Gasteiger charge is -2.19. The Labute approximate surface area is 175 Å². The predicted octanol–water partition coefficient (Wildman–Crippen LogP) is 3.81. The molecule has 3 rings (SSSR count). The van der Waals surface area contributed by atoms with Crippen LogP contribution in [0.2, 0.25) is 0 Å². The van der Waals surface area contributed by atoms with Crippen LogP contribution in [-0.4, -0.2) is 45.6 Å². The first-order chi connectivity index (χ1) is 14.2. The number of hydrogen-bond donors (Lipinski definition) is 3. The zero-order chi connectivity index (χ0) is 21.8. The molecule has 0 aliphatic heterocycles. The van der Waals surface area contributed by atoms with Gasteiger partial charge in [0.15, 0.2) is 5.82 Å². The number of benzene rings is 2. The van der Waals surface area contributed by atoms with Gasteiger partial charge in [0.1, 0.15) is 12.4 Å². The molecule has 0 bridgehead atoms. The molecule has 0 saturated carbocycles. The molecule has 3 N–H and O–H groups in total. The van der Waals surface area contributed by atoms with Gasteiger partial charge in [0.2, 0.25) is 5.91 Å². The van der Waals surface area contributed by atoms with E-state index < -0.39 is 0 Å². The maximum atomic E-state index is 12.5. The number of likely N-dealkylation sites (N-methyl/N-ethyl adjacent to an activating group) is 1. The van der Waals surface area contributed by atoms with E-state index in [9.17, 15) is 9.59 Å². The molecule has 8 heteroatoms. The Bertz CT molecular complexity index is 1070. The summed E-state index contributed by atoms with van der Waals surface area (Å²) >= 11 is 0. The maximum absolute atomic E-state index is 12.5. The summed E-state index contributed by atoms with van der Waals surface area (Å²) in [7, 11) is 1.58. The summed E-state index contributed by atoms with van der Waals surface area (Å²) in [4.78, 5) is 30.6. The second kappa shape index (κ2) is 8.77. The Morgan fingerprint density at radius 3 is 2.37 bits per heavy atom. The predicted molar refractivity (Wildman–Crippen MR) is 117 cm³/mol. The second-order valence-corrected chi connectivity index (χ2v) is 7.43. The number of carbonyl (C=O) groups is 2. The molecule has 0 aliphatic rings. The average Bonchev–Trinajstić information content (AvgIpc) is 3.11. The number of rotatable bonds is 5. The Kier molecular flexibility index (Phi) is 6.15. The highest BCUT2D eigenvalue weighted by molar-refractivity contribution is 5.97. The van der Waals surface area contributed by atoms with Gasteiger partial charge in [0.25, 0.3) is 0 Å². The van der Waals surface area contributed by atoms with E-state index in [0.717, 1.165) is 27.9 Å². The van der Waals surface area contributed by atoms with Gasteiger partial charge in [-0.25, -0.2) is 9.78 Å². The zero-order valence-corrected chi connectivity index (χ0v) is 17.8. The van der Waals surface area contributed by atoms with Gasteiger partial charge in [0, 0.05) is 24.0 Å². The highest BCUT2D eigenvalue weighted by Crippen LogP contribution is 2.22. The molecule has 0 unspecified atom stereocenters. The fourth-order valence-electron chi connectivity index (χ4n) is 3.27. The minimum atomic E-state index is -0.384. The molecule has 156 valence electrons. The normalized spacial score (nSPS) is 10.6. The molecule has 3 amide bonds. The summed E-state index contributed by atoms with van der Waals surface area (Å²) in [5.74, 6) is 1.01. The molecular formula is C22H26N6O2. The lowest BCUT2D eigenvalue weighted by molar-refractivity contribution is -0.116. The van der Waals surface area contributed by atoms with Crippen LogP contribution in [0, 0.1) is 27.7 Å². The molecule has 0 atom stereocenters. The van der Waals surface area contributed by atoms with Crippen molar-refractivity contribution in [3.63, 3.8) is 0 Å². The number of nitrogens with zero attached hydrogens (tertiary/aromatic N) is 3. The number of aromatic amines is 1. The number of aryl methyl sites for hydroxylation is 4. The first-order valence-corrected chi connectivity index (χ1v) is 9.62. The van der Waals surface area contributed by atoms with Crippen LogP contribution in [0.25, 0.3) is 11.4 Å². The summed E-state index contributed by atoms with van der Waals surface area (Å²) in [6, 6.07) is 10.9. The first-order valence-electron chi connectivity index (χ1n) is 9.62. The van der Waals surface area contributed by atoms with Crippen LogP contribution in [0.15, 0.2) is 36.4 Å². The number of urea groups is 1. The van der Waals surface area contributed by atoms with Gasteiger partial charge in [0.05, 0.1) is 0 Å². The van der Waals surface area contributed by atoms with Crippen LogP contribution in [0.5, 0.6) is 0 Å². The molecule has 1 aromatic heterocycles. The van der Waals surface area contributed by atoms with E-state index in [1.165, 1.54) is 4.90 Å². The number of amides is 3. The molecule has 8 nitrogen and oxygen atoms in total. The highest BCUT2D eigenvalue weighted by Gasteiger charge is 2.15. The highest BCUT2D eigenvalue weighted by atomic mass is 16.2. The van der Waals surface area contributed by atoms with E-state index in [1.807, 2.05) is 52.0 Å². The molecule has 3 aromatic rings. The van der Waals surface area contributed by atoms with Crippen molar-refractivity contribution >= 4 is 23.3 Å². The summed E-state index contributed by atoms with van der Waals surface area (Å²) in [5, 5.41) is 12.6. The standard InChI is InChI=1S/C22H26N6O2/c1-13-9-14(2)20(15(3)10-13)25-19(29)12-28(5)22(30)24-18-8-6-7-17(11-18)21-23-16(4)26-27-21/h6-11H,12H2,1-5H3,(H,24,30)(H,25,29)(H,23,26,27). The maximum Gasteiger partial charge on any atom is 0.322 e. The number of nitrogens with one attached hydrogen (secondary N) is 3. The van der Waals surface area contributed by atoms with Gasteiger partial charge < -0.3 is 15.5 Å². The monoisotopic (exact) mass is 406 g/mol.